The highest BCUT2D eigenvalue weighted by atomic mass is 16.5. The van der Waals surface area contributed by atoms with Gasteiger partial charge in [0.25, 0.3) is 0 Å². The van der Waals surface area contributed by atoms with Crippen molar-refractivity contribution in [3.05, 3.63) is 22.6 Å². The molecular weight excluding hydrogens is 296 g/mol. The van der Waals surface area contributed by atoms with Gasteiger partial charge >= 0.3 is 11.7 Å². The van der Waals surface area contributed by atoms with Crippen LogP contribution in [0.4, 0.5) is 10.5 Å². The first-order chi connectivity index (χ1) is 11.2. The molecule has 7 nitrogen and oxygen atoms in total. The summed E-state index contributed by atoms with van der Waals surface area (Å²) in [4.78, 5) is 31.1. The van der Waals surface area contributed by atoms with E-state index in [0.717, 1.165) is 25.9 Å². The van der Waals surface area contributed by atoms with Crippen LogP contribution in [0.2, 0.25) is 0 Å². The number of aromatic amines is 2. The van der Waals surface area contributed by atoms with Crippen molar-refractivity contribution in [2.45, 2.75) is 32.1 Å². The van der Waals surface area contributed by atoms with Gasteiger partial charge in [-0.25, -0.2) is 9.59 Å². The highest BCUT2D eigenvalue weighted by molar-refractivity contribution is 5.94. The minimum Gasteiger partial charge on any atom is -0.494 e. The molecular formula is C16H22N4O3. The Morgan fingerprint density at radius 3 is 2.35 bits per heavy atom. The molecule has 1 fully saturated rings. The van der Waals surface area contributed by atoms with Gasteiger partial charge in [0.05, 0.1) is 23.8 Å². The zero-order valence-corrected chi connectivity index (χ0v) is 13.3. The predicted octanol–water partition coefficient (Wildman–Crippen LogP) is 2.66. The third-order valence-corrected chi connectivity index (χ3v) is 4.22. The summed E-state index contributed by atoms with van der Waals surface area (Å²) in [6.07, 6.45) is 5.66. The molecule has 1 aromatic heterocycles. The Labute approximate surface area is 134 Å². The number of hydrogen-bond acceptors (Lipinski definition) is 3. The smallest absolute Gasteiger partial charge is 0.323 e. The minimum atomic E-state index is -0.283. The van der Waals surface area contributed by atoms with Crippen molar-refractivity contribution in [2.75, 3.05) is 25.5 Å². The van der Waals surface area contributed by atoms with Crippen LogP contribution in [0.3, 0.4) is 0 Å². The highest BCUT2D eigenvalue weighted by Gasteiger charge is 2.17. The first kappa shape index (κ1) is 15.5. The number of imidazole rings is 1. The van der Waals surface area contributed by atoms with Gasteiger partial charge in [0.15, 0.2) is 0 Å². The van der Waals surface area contributed by atoms with E-state index in [2.05, 4.69) is 15.3 Å². The van der Waals surface area contributed by atoms with Gasteiger partial charge in [-0.15, -0.1) is 0 Å². The van der Waals surface area contributed by atoms with E-state index < -0.39 is 0 Å². The number of likely N-dealkylation sites (tertiary alicyclic amines) is 1. The van der Waals surface area contributed by atoms with Crippen molar-refractivity contribution in [3.63, 3.8) is 0 Å². The summed E-state index contributed by atoms with van der Waals surface area (Å²) in [6.45, 7) is 1.55. The highest BCUT2D eigenvalue weighted by Crippen LogP contribution is 2.28. The van der Waals surface area contributed by atoms with Crippen LogP contribution in [0.1, 0.15) is 32.1 Å². The second-order valence-corrected chi connectivity index (χ2v) is 5.86. The van der Waals surface area contributed by atoms with E-state index in [0.29, 0.717) is 22.5 Å². The van der Waals surface area contributed by atoms with E-state index in [1.54, 1.807) is 12.1 Å². The topological polar surface area (TPSA) is 90.2 Å². The third kappa shape index (κ3) is 3.49. The number of benzene rings is 1. The standard InChI is InChI=1S/C16H22N4O3/c1-23-14-10-12-11(17-15(21)18-12)9-13(14)19-16(22)20-7-5-3-2-4-6-8-20/h9-10H,2-8H2,1H3,(H,19,22)(H2,17,18,21). The van der Waals surface area contributed by atoms with Gasteiger partial charge in [0.2, 0.25) is 0 Å². The van der Waals surface area contributed by atoms with Gasteiger partial charge in [-0.1, -0.05) is 19.3 Å². The SMILES string of the molecule is COc1cc2[nH]c(=O)[nH]c2cc1NC(=O)N1CCCCCCC1. The lowest BCUT2D eigenvalue weighted by atomic mass is 10.1. The number of fused-ring (bicyclic) bond motifs is 1. The number of rotatable bonds is 2. The molecule has 0 spiro atoms. The number of ether oxygens (including phenoxy) is 1. The number of methoxy groups -OCH3 is 1. The van der Waals surface area contributed by atoms with Gasteiger partial charge < -0.3 is 24.9 Å². The van der Waals surface area contributed by atoms with Gasteiger partial charge in [0, 0.05) is 19.2 Å². The second kappa shape index (κ2) is 6.76. The quantitative estimate of drug-likeness (QED) is 0.795. The fourth-order valence-electron chi connectivity index (χ4n) is 2.97. The van der Waals surface area contributed by atoms with Crippen molar-refractivity contribution in [1.29, 1.82) is 0 Å². The fourth-order valence-corrected chi connectivity index (χ4v) is 2.97. The first-order valence-electron chi connectivity index (χ1n) is 8.03. The Morgan fingerprint density at radius 1 is 1.09 bits per heavy atom. The molecule has 0 atom stereocenters. The Balaban J connectivity index is 1.81. The molecule has 0 aliphatic carbocycles. The van der Waals surface area contributed by atoms with Crippen LogP contribution in [-0.2, 0) is 0 Å². The van der Waals surface area contributed by atoms with Crippen molar-refractivity contribution in [3.8, 4) is 5.75 Å². The second-order valence-electron chi connectivity index (χ2n) is 5.86. The normalized spacial score (nSPS) is 16.0. The van der Waals surface area contributed by atoms with Crippen molar-refractivity contribution < 1.29 is 9.53 Å². The molecule has 2 aromatic rings. The average Bonchev–Trinajstić information content (AvgIpc) is 2.84. The van der Waals surface area contributed by atoms with Gasteiger partial charge in [-0.3, -0.25) is 0 Å². The van der Waals surface area contributed by atoms with Crippen LogP contribution in [0.5, 0.6) is 5.75 Å². The number of nitrogens with zero attached hydrogens (tertiary/aromatic N) is 1. The summed E-state index contributed by atoms with van der Waals surface area (Å²) in [5.41, 5.74) is 1.56. The zero-order valence-electron chi connectivity index (χ0n) is 13.3. The van der Waals surface area contributed by atoms with Gasteiger partial charge in [-0.2, -0.15) is 0 Å². The van der Waals surface area contributed by atoms with Crippen LogP contribution in [-0.4, -0.2) is 41.1 Å². The van der Waals surface area contributed by atoms with E-state index in [1.165, 1.54) is 26.4 Å². The minimum absolute atomic E-state index is 0.123. The van der Waals surface area contributed by atoms with E-state index in [9.17, 15) is 9.59 Å². The molecule has 3 rings (SSSR count). The van der Waals surface area contributed by atoms with Crippen molar-refractivity contribution >= 4 is 22.8 Å². The summed E-state index contributed by atoms with van der Waals surface area (Å²) < 4.78 is 5.33. The molecule has 1 aromatic carbocycles. The van der Waals surface area contributed by atoms with Crippen LogP contribution in [0.25, 0.3) is 11.0 Å². The summed E-state index contributed by atoms with van der Waals surface area (Å²) in [5.74, 6) is 0.521. The molecule has 2 heterocycles. The van der Waals surface area contributed by atoms with Gasteiger partial charge in [0.1, 0.15) is 5.75 Å². The largest absolute Gasteiger partial charge is 0.494 e. The Morgan fingerprint density at radius 2 is 1.70 bits per heavy atom. The van der Waals surface area contributed by atoms with E-state index in [4.69, 9.17) is 4.74 Å². The fraction of sp³-hybridized carbons (Fsp3) is 0.500. The number of carbonyl (C=O) groups excluding carboxylic acids is 1. The molecule has 0 bridgehead atoms. The molecule has 0 unspecified atom stereocenters. The third-order valence-electron chi connectivity index (χ3n) is 4.22. The van der Waals surface area contributed by atoms with Gasteiger partial charge in [-0.05, 0) is 18.9 Å². The number of urea groups is 1. The predicted molar refractivity (Wildman–Crippen MR) is 89.1 cm³/mol. The maximum atomic E-state index is 12.5. The Kier molecular flexibility index (Phi) is 4.55. The molecule has 1 aliphatic heterocycles. The summed E-state index contributed by atoms with van der Waals surface area (Å²) in [5, 5.41) is 2.91. The molecule has 1 aliphatic rings. The van der Waals surface area contributed by atoms with Crippen molar-refractivity contribution in [1.82, 2.24) is 14.9 Å². The maximum absolute atomic E-state index is 12.5. The molecule has 124 valence electrons. The number of nitrogens with one attached hydrogen (secondary N) is 3. The van der Waals surface area contributed by atoms with Crippen LogP contribution in [0, 0.1) is 0 Å². The Hall–Kier alpha value is -2.44. The number of anilines is 1. The monoisotopic (exact) mass is 318 g/mol. The molecule has 3 N–H and O–H groups in total. The summed E-state index contributed by atoms with van der Waals surface area (Å²) in [6, 6.07) is 3.30. The molecule has 0 saturated carbocycles. The Bertz CT molecular complexity index is 741. The van der Waals surface area contributed by atoms with Crippen molar-refractivity contribution in [2.24, 2.45) is 0 Å². The maximum Gasteiger partial charge on any atom is 0.323 e. The number of carbonyl (C=O) groups is 1. The molecule has 0 radical (unpaired) electrons. The number of aromatic nitrogens is 2. The number of hydrogen-bond donors (Lipinski definition) is 3. The average molecular weight is 318 g/mol. The van der Waals surface area contributed by atoms with Crippen LogP contribution in [0.15, 0.2) is 16.9 Å². The van der Waals surface area contributed by atoms with E-state index in [-0.39, 0.29) is 11.7 Å². The van der Waals surface area contributed by atoms with Crippen LogP contribution < -0.4 is 15.7 Å². The zero-order chi connectivity index (χ0) is 16.2. The van der Waals surface area contributed by atoms with Crippen LogP contribution >= 0.6 is 0 Å². The number of H-pyrrole nitrogens is 2. The molecule has 2 amide bonds. The lowest BCUT2D eigenvalue weighted by Crippen LogP contribution is -2.37. The summed E-state index contributed by atoms with van der Waals surface area (Å²) in [7, 11) is 1.54. The molecule has 7 heteroatoms. The summed E-state index contributed by atoms with van der Waals surface area (Å²) >= 11 is 0. The number of amides is 2. The van der Waals surface area contributed by atoms with E-state index in [1.807, 2.05) is 4.90 Å². The molecule has 23 heavy (non-hydrogen) atoms. The van der Waals surface area contributed by atoms with E-state index >= 15 is 0 Å². The first-order valence-corrected chi connectivity index (χ1v) is 8.03. The molecule has 1 saturated heterocycles. The lowest BCUT2D eigenvalue weighted by Gasteiger charge is -2.25. The lowest BCUT2D eigenvalue weighted by molar-refractivity contribution is 0.206.